The number of carboxylic acid groups (broad SMARTS) is 1. The number of aryl methyl sites for hydroxylation is 2. The number of fused-ring (bicyclic) bond motifs is 1. The molecule has 0 aliphatic carbocycles. The Bertz CT molecular complexity index is 654. The number of hydrogen-bond donors (Lipinski definition) is 2. The first-order chi connectivity index (χ1) is 9.96. The first kappa shape index (κ1) is 15.7. The lowest BCUT2D eigenvalue weighted by Crippen LogP contribution is -2.35. The van der Waals surface area contributed by atoms with E-state index < -0.39 is 12.0 Å². The Hall–Kier alpha value is -1.69. The Kier molecular flexibility index (Phi) is 4.77. The fraction of sp³-hybridized carbons (Fsp3) is 0.533. The first-order valence-corrected chi connectivity index (χ1v) is 8.04. The molecule has 2 atom stereocenters. The van der Waals surface area contributed by atoms with Crippen LogP contribution < -0.4 is 5.32 Å². The van der Waals surface area contributed by atoms with E-state index in [-0.39, 0.29) is 5.92 Å². The quantitative estimate of drug-likeness (QED) is 0.854. The number of anilines is 1. The number of carboxylic acids is 1. The van der Waals surface area contributed by atoms with Gasteiger partial charge in [-0.05, 0) is 25.3 Å². The highest BCUT2D eigenvalue weighted by Gasteiger charge is 2.25. The second-order valence-electron chi connectivity index (χ2n) is 5.25. The molecule has 0 aliphatic heterocycles. The standard InChI is InChI=1S/C15H21N3O2S/c1-5-8(3)12(15(19)20)18-13-11-7-10(6-2)21-14(11)17-9(4)16-13/h7-8,12H,5-6H2,1-4H3,(H,19,20)(H,16,17,18)/t8-,12+/m0/s1. The third kappa shape index (κ3) is 3.32. The van der Waals surface area contributed by atoms with Gasteiger partial charge in [0.1, 0.15) is 22.5 Å². The van der Waals surface area contributed by atoms with Gasteiger partial charge in [0, 0.05) is 4.88 Å². The molecule has 0 saturated heterocycles. The molecule has 0 unspecified atom stereocenters. The molecule has 0 spiro atoms. The van der Waals surface area contributed by atoms with Gasteiger partial charge in [0.25, 0.3) is 0 Å². The smallest absolute Gasteiger partial charge is 0.326 e. The summed E-state index contributed by atoms with van der Waals surface area (Å²) in [6.07, 6.45) is 1.73. The lowest BCUT2D eigenvalue weighted by molar-refractivity contribution is -0.139. The third-order valence-corrected chi connectivity index (χ3v) is 4.85. The normalized spacial score (nSPS) is 14.1. The topological polar surface area (TPSA) is 75.1 Å². The lowest BCUT2D eigenvalue weighted by atomic mass is 9.99. The summed E-state index contributed by atoms with van der Waals surface area (Å²) in [6, 6.07) is 1.41. The predicted octanol–water partition coefficient (Wildman–Crippen LogP) is 3.47. The van der Waals surface area contributed by atoms with E-state index in [2.05, 4.69) is 28.3 Å². The van der Waals surface area contributed by atoms with Gasteiger partial charge in [-0.25, -0.2) is 14.8 Å². The van der Waals surface area contributed by atoms with Crippen LogP contribution in [0.5, 0.6) is 0 Å². The molecule has 0 aromatic carbocycles. The van der Waals surface area contributed by atoms with Crippen LogP contribution in [0.1, 0.15) is 37.9 Å². The van der Waals surface area contributed by atoms with Crippen molar-refractivity contribution in [1.82, 2.24) is 9.97 Å². The van der Waals surface area contributed by atoms with Crippen LogP contribution in [-0.2, 0) is 11.2 Å². The average molecular weight is 307 g/mol. The van der Waals surface area contributed by atoms with E-state index in [9.17, 15) is 9.90 Å². The van der Waals surface area contributed by atoms with Gasteiger partial charge in [-0.2, -0.15) is 0 Å². The minimum absolute atomic E-state index is 0.0251. The predicted molar refractivity (Wildman–Crippen MR) is 86.0 cm³/mol. The zero-order valence-electron chi connectivity index (χ0n) is 12.8. The summed E-state index contributed by atoms with van der Waals surface area (Å²) in [5.74, 6) is 0.459. The number of nitrogens with zero attached hydrogens (tertiary/aromatic N) is 2. The van der Waals surface area contributed by atoms with Crippen LogP contribution in [0.2, 0.25) is 0 Å². The third-order valence-electron chi connectivity index (χ3n) is 3.68. The maximum Gasteiger partial charge on any atom is 0.326 e. The zero-order valence-corrected chi connectivity index (χ0v) is 13.6. The molecular formula is C15H21N3O2S. The van der Waals surface area contributed by atoms with E-state index in [4.69, 9.17) is 0 Å². The summed E-state index contributed by atoms with van der Waals surface area (Å²) in [6.45, 7) is 7.84. The molecule has 6 heteroatoms. The maximum absolute atomic E-state index is 11.5. The summed E-state index contributed by atoms with van der Waals surface area (Å²) >= 11 is 1.64. The first-order valence-electron chi connectivity index (χ1n) is 7.22. The summed E-state index contributed by atoms with van der Waals surface area (Å²) in [5, 5.41) is 13.4. The van der Waals surface area contributed by atoms with E-state index in [1.807, 2.05) is 20.8 Å². The summed E-state index contributed by atoms with van der Waals surface area (Å²) in [5.41, 5.74) is 0. The van der Waals surface area contributed by atoms with Crippen molar-refractivity contribution in [1.29, 1.82) is 0 Å². The molecule has 114 valence electrons. The molecule has 0 bridgehead atoms. The number of hydrogen-bond acceptors (Lipinski definition) is 5. The fourth-order valence-electron chi connectivity index (χ4n) is 2.19. The molecule has 2 aromatic heterocycles. The monoisotopic (exact) mass is 307 g/mol. The zero-order chi connectivity index (χ0) is 15.6. The van der Waals surface area contributed by atoms with Gasteiger partial charge in [0.15, 0.2) is 0 Å². The van der Waals surface area contributed by atoms with Gasteiger partial charge >= 0.3 is 5.97 Å². The second-order valence-corrected chi connectivity index (χ2v) is 6.37. The van der Waals surface area contributed by atoms with E-state index in [0.717, 1.165) is 23.1 Å². The summed E-state index contributed by atoms with van der Waals surface area (Å²) in [4.78, 5) is 22.5. The van der Waals surface area contributed by atoms with E-state index >= 15 is 0 Å². The Balaban J connectivity index is 2.44. The summed E-state index contributed by atoms with van der Waals surface area (Å²) < 4.78 is 0. The van der Waals surface area contributed by atoms with Gasteiger partial charge in [0.05, 0.1) is 5.39 Å². The SMILES string of the molecule is CCc1cc2c(N[C@@H](C(=O)O)[C@@H](C)CC)nc(C)nc2s1. The van der Waals surface area contributed by atoms with Crippen LogP contribution in [0.15, 0.2) is 6.07 Å². The van der Waals surface area contributed by atoms with Gasteiger partial charge in [-0.15, -0.1) is 11.3 Å². The highest BCUT2D eigenvalue weighted by atomic mass is 32.1. The molecule has 5 nitrogen and oxygen atoms in total. The second kappa shape index (κ2) is 6.39. The van der Waals surface area contributed by atoms with Gasteiger partial charge < -0.3 is 10.4 Å². The highest BCUT2D eigenvalue weighted by Crippen LogP contribution is 2.30. The molecule has 0 amide bonds. The van der Waals surface area contributed by atoms with Crippen molar-refractivity contribution >= 4 is 33.3 Å². The number of carbonyl (C=O) groups is 1. The molecule has 0 aliphatic rings. The van der Waals surface area contributed by atoms with Gasteiger partial charge in [0.2, 0.25) is 0 Å². The van der Waals surface area contributed by atoms with Crippen molar-refractivity contribution in [2.24, 2.45) is 5.92 Å². The fourth-order valence-corrected chi connectivity index (χ4v) is 3.21. The van der Waals surface area contributed by atoms with Crippen LogP contribution in [0, 0.1) is 12.8 Å². The van der Waals surface area contributed by atoms with Crippen LogP contribution in [0.3, 0.4) is 0 Å². The molecule has 2 aromatic rings. The van der Waals surface area contributed by atoms with E-state index in [0.29, 0.717) is 11.6 Å². The van der Waals surface area contributed by atoms with Gasteiger partial charge in [-0.1, -0.05) is 27.2 Å². The van der Waals surface area contributed by atoms with Crippen molar-refractivity contribution < 1.29 is 9.90 Å². The highest BCUT2D eigenvalue weighted by molar-refractivity contribution is 7.18. The molecule has 0 fully saturated rings. The average Bonchev–Trinajstić information content (AvgIpc) is 2.86. The maximum atomic E-state index is 11.5. The Labute approximate surface area is 128 Å². The van der Waals surface area contributed by atoms with E-state index in [1.165, 1.54) is 4.88 Å². The minimum atomic E-state index is -0.847. The molecule has 2 N–H and O–H groups in total. The van der Waals surface area contributed by atoms with Crippen molar-refractivity contribution in [3.05, 3.63) is 16.8 Å². The van der Waals surface area contributed by atoms with Crippen LogP contribution in [0.4, 0.5) is 5.82 Å². The number of aliphatic carboxylic acids is 1. The lowest BCUT2D eigenvalue weighted by Gasteiger charge is -2.21. The molecular weight excluding hydrogens is 286 g/mol. The number of rotatable bonds is 6. The molecule has 2 heterocycles. The number of aromatic nitrogens is 2. The van der Waals surface area contributed by atoms with Crippen molar-refractivity contribution in [2.45, 2.75) is 46.6 Å². The molecule has 0 radical (unpaired) electrons. The Morgan fingerprint density at radius 1 is 1.43 bits per heavy atom. The van der Waals surface area contributed by atoms with Crippen molar-refractivity contribution in [3.63, 3.8) is 0 Å². The van der Waals surface area contributed by atoms with Crippen LogP contribution in [0.25, 0.3) is 10.2 Å². The number of nitrogens with one attached hydrogen (secondary N) is 1. The van der Waals surface area contributed by atoms with E-state index in [1.54, 1.807) is 11.3 Å². The molecule has 21 heavy (non-hydrogen) atoms. The number of thiophene rings is 1. The van der Waals surface area contributed by atoms with Gasteiger partial charge in [-0.3, -0.25) is 0 Å². The minimum Gasteiger partial charge on any atom is -0.480 e. The largest absolute Gasteiger partial charge is 0.480 e. The Morgan fingerprint density at radius 3 is 2.71 bits per heavy atom. The van der Waals surface area contributed by atoms with Crippen LogP contribution in [-0.4, -0.2) is 27.1 Å². The van der Waals surface area contributed by atoms with Crippen molar-refractivity contribution in [3.8, 4) is 0 Å². The molecule has 0 saturated carbocycles. The van der Waals surface area contributed by atoms with Crippen LogP contribution >= 0.6 is 11.3 Å². The molecule has 2 rings (SSSR count). The Morgan fingerprint density at radius 2 is 2.14 bits per heavy atom. The van der Waals surface area contributed by atoms with Crippen molar-refractivity contribution in [2.75, 3.05) is 5.32 Å². The summed E-state index contributed by atoms with van der Waals surface area (Å²) in [7, 11) is 0.